The first-order valence-corrected chi connectivity index (χ1v) is 7.61. The maximum atomic E-state index is 11.4. The Balaban J connectivity index is 1.84. The zero-order valence-corrected chi connectivity index (χ0v) is 12.0. The second-order valence-electron chi connectivity index (χ2n) is 4.92. The number of carbonyl (C=O) groups is 1. The van der Waals surface area contributed by atoms with Gasteiger partial charge < -0.3 is 9.84 Å². The number of benzene rings is 1. The monoisotopic (exact) mass is 291 g/mol. The van der Waals surface area contributed by atoms with Crippen LogP contribution in [0.2, 0.25) is 0 Å². The van der Waals surface area contributed by atoms with Crippen molar-refractivity contribution in [2.24, 2.45) is 0 Å². The van der Waals surface area contributed by atoms with Gasteiger partial charge in [0.2, 0.25) is 0 Å². The lowest BCUT2D eigenvalue weighted by molar-refractivity contribution is 0.0384. The Hall–Kier alpha value is -1.43. The van der Waals surface area contributed by atoms with Crippen LogP contribution in [0.5, 0.6) is 0 Å². The highest BCUT2D eigenvalue weighted by atomic mass is 32.1. The van der Waals surface area contributed by atoms with Gasteiger partial charge in [-0.25, -0.2) is 4.79 Å². The first kappa shape index (κ1) is 13.5. The summed E-state index contributed by atoms with van der Waals surface area (Å²) in [5.41, 5.74) is 0.976. The van der Waals surface area contributed by atoms with E-state index < -0.39 is 5.97 Å². The molecule has 1 aromatic heterocycles. The van der Waals surface area contributed by atoms with Crippen molar-refractivity contribution >= 4 is 27.4 Å². The summed E-state index contributed by atoms with van der Waals surface area (Å²) in [6.07, 6.45) is 0.783. The molecule has 1 fully saturated rings. The molecule has 4 nitrogen and oxygen atoms in total. The Morgan fingerprint density at radius 3 is 2.80 bits per heavy atom. The van der Waals surface area contributed by atoms with Crippen LogP contribution in [0, 0.1) is 0 Å². The van der Waals surface area contributed by atoms with Gasteiger partial charge in [-0.3, -0.25) is 4.90 Å². The number of nitrogens with zero attached hydrogens (tertiary/aromatic N) is 1. The average Bonchev–Trinajstić information content (AvgIpc) is 2.85. The van der Waals surface area contributed by atoms with Crippen molar-refractivity contribution < 1.29 is 14.6 Å². The van der Waals surface area contributed by atoms with Crippen molar-refractivity contribution in [1.29, 1.82) is 0 Å². The Morgan fingerprint density at radius 1 is 1.30 bits per heavy atom. The Kier molecular flexibility index (Phi) is 4.00. The molecule has 1 saturated heterocycles. The minimum Gasteiger partial charge on any atom is -0.477 e. The summed E-state index contributed by atoms with van der Waals surface area (Å²) in [4.78, 5) is 14.2. The Labute approximate surface area is 121 Å². The summed E-state index contributed by atoms with van der Waals surface area (Å²) in [6, 6.07) is 7.94. The third kappa shape index (κ3) is 2.70. The predicted molar refractivity (Wildman–Crippen MR) is 79.7 cm³/mol. The van der Waals surface area contributed by atoms with Crippen molar-refractivity contribution in [2.45, 2.75) is 6.42 Å². The Morgan fingerprint density at radius 2 is 2.05 bits per heavy atom. The normalized spacial score (nSPS) is 16.6. The van der Waals surface area contributed by atoms with Gasteiger partial charge in [-0.15, -0.1) is 11.3 Å². The topological polar surface area (TPSA) is 49.8 Å². The third-order valence-electron chi connectivity index (χ3n) is 3.67. The predicted octanol–water partition coefficient (Wildman–Crippen LogP) is 2.47. The largest absolute Gasteiger partial charge is 0.477 e. The summed E-state index contributed by atoms with van der Waals surface area (Å²) in [7, 11) is 0. The van der Waals surface area contributed by atoms with Gasteiger partial charge >= 0.3 is 5.97 Å². The van der Waals surface area contributed by atoms with E-state index in [0.29, 0.717) is 4.88 Å². The molecule has 5 heteroatoms. The van der Waals surface area contributed by atoms with Crippen LogP contribution >= 0.6 is 11.3 Å². The van der Waals surface area contributed by atoms with Gasteiger partial charge in [0.1, 0.15) is 4.88 Å². The van der Waals surface area contributed by atoms with Crippen LogP contribution in [0.1, 0.15) is 15.2 Å². The number of carboxylic acid groups (broad SMARTS) is 1. The quantitative estimate of drug-likeness (QED) is 0.940. The van der Waals surface area contributed by atoms with Crippen LogP contribution in [0.25, 0.3) is 10.1 Å². The number of morpholine rings is 1. The molecule has 0 amide bonds. The lowest BCUT2D eigenvalue weighted by atomic mass is 10.1. The fraction of sp³-hybridized carbons (Fsp3) is 0.400. The minimum atomic E-state index is -0.817. The minimum absolute atomic E-state index is 0.486. The third-order valence-corrected chi connectivity index (χ3v) is 4.88. The van der Waals surface area contributed by atoms with E-state index in [4.69, 9.17) is 4.74 Å². The summed E-state index contributed by atoms with van der Waals surface area (Å²) in [5, 5.41) is 10.5. The van der Waals surface area contributed by atoms with Gasteiger partial charge in [0.25, 0.3) is 0 Å². The lowest BCUT2D eigenvalue weighted by Gasteiger charge is -2.26. The molecule has 1 aliphatic rings. The molecule has 0 bridgehead atoms. The van der Waals surface area contributed by atoms with Gasteiger partial charge in [0, 0.05) is 24.3 Å². The first-order chi connectivity index (χ1) is 9.75. The molecule has 1 aliphatic heterocycles. The zero-order valence-electron chi connectivity index (χ0n) is 11.2. The van der Waals surface area contributed by atoms with E-state index in [1.165, 1.54) is 11.3 Å². The molecule has 1 aromatic carbocycles. The highest BCUT2D eigenvalue weighted by molar-refractivity contribution is 7.21. The Bertz CT molecular complexity index is 617. The molecule has 20 heavy (non-hydrogen) atoms. The van der Waals surface area contributed by atoms with E-state index in [1.807, 2.05) is 24.3 Å². The lowest BCUT2D eigenvalue weighted by Crippen LogP contribution is -2.37. The molecule has 0 aliphatic carbocycles. The van der Waals surface area contributed by atoms with E-state index in [2.05, 4.69) is 4.90 Å². The molecular formula is C15H17NO3S. The summed E-state index contributed by atoms with van der Waals surface area (Å²) < 4.78 is 6.39. The molecule has 3 rings (SSSR count). The van der Waals surface area contributed by atoms with Crippen molar-refractivity contribution in [3.05, 3.63) is 34.7 Å². The molecule has 0 atom stereocenters. The zero-order chi connectivity index (χ0) is 13.9. The number of carboxylic acids is 1. The van der Waals surface area contributed by atoms with Crippen LogP contribution in [-0.4, -0.2) is 48.8 Å². The number of aromatic carboxylic acids is 1. The average molecular weight is 291 g/mol. The summed E-state index contributed by atoms with van der Waals surface area (Å²) >= 11 is 1.38. The standard InChI is InChI=1S/C15H17NO3S/c17-15(18)14-12(5-6-16-7-9-19-10-8-16)11-3-1-2-4-13(11)20-14/h1-4H,5-10H2,(H,17,18). The van der Waals surface area contributed by atoms with E-state index in [9.17, 15) is 9.90 Å². The van der Waals surface area contributed by atoms with Crippen molar-refractivity contribution in [3.8, 4) is 0 Å². The summed E-state index contributed by atoms with van der Waals surface area (Å²) in [6.45, 7) is 4.31. The maximum Gasteiger partial charge on any atom is 0.346 e. The number of hydrogen-bond acceptors (Lipinski definition) is 4. The molecule has 0 unspecified atom stereocenters. The second-order valence-corrected chi connectivity index (χ2v) is 5.97. The molecule has 2 heterocycles. The molecule has 0 radical (unpaired) electrons. The number of fused-ring (bicyclic) bond motifs is 1. The molecule has 106 valence electrons. The SMILES string of the molecule is O=C(O)c1sc2ccccc2c1CCN1CCOCC1. The van der Waals surface area contributed by atoms with Gasteiger partial charge in [-0.05, 0) is 23.4 Å². The number of ether oxygens (including phenoxy) is 1. The maximum absolute atomic E-state index is 11.4. The van der Waals surface area contributed by atoms with Gasteiger partial charge in [-0.2, -0.15) is 0 Å². The number of thiophene rings is 1. The van der Waals surface area contributed by atoms with E-state index in [1.54, 1.807) is 0 Å². The molecule has 0 spiro atoms. The first-order valence-electron chi connectivity index (χ1n) is 6.79. The van der Waals surface area contributed by atoms with Crippen LogP contribution in [0.15, 0.2) is 24.3 Å². The van der Waals surface area contributed by atoms with Crippen LogP contribution in [-0.2, 0) is 11.2 Å². The molecule has 1 N–H and O–H groups in total. The highest BCUT2D eigenvalue weighted by Gasteiger charge is 2.18. The van der Waals surface area contributed by atoms with Crippen molar-refractivity contribution in [3.63, 3.8) is 0 Å². The fourth-order valence-electron chi connectivity index (χ4n) is 2.61. The number of hydrogen-bond donors (Lipinski definition) is 1. The van der Waals surface area contributed by atoms with Crippen LogP contribution in [0.3, 0.4) is 0 Å². The van der Waals surface area contributed by atoms with Crippen LogP contribution < -0.4 is 0 Å². The van der Waals surface area contributed by atoms with Crippen molar-refractivity contribution in [1.82, 2.24) is 4.90 Å². The highest BCUT2D eigenvalue weighted by Crippen LogP contribution is 2.31. The van der Waals surface area contributed by atoms with E-state index >= 15 is 0 Å². The number of rotatable bonds is 4. The summed E-state index contributed by atoms with van der Waals surface area (Å²) in [5.74, 6) is -0.817. The molecule has 0 saturated carbocycles. The smallest absolute Gasteiger partial charge is 0.346 e. The fourth-order valence-corrected chi connectivity index (χ4v) is 3.70. The van der Waals surface area contributed by atoms with Gasteiger partial charge in [0.15, 0.2) is 0 Å². The van der Waals surface area contributed by atoms with Crippen LogP contribution in [0.4, 0.5) is 0 Å². The van der Waals surface area contributed by atoms with Crippen molar-refractivity contribution in [2.75, 3.05) is 32.8 Å². The van der Waals surface area contributed by atoms with E-state index in [-0.39, 0.29) is 0 Å². The van der Waals surface area contributed by atoms with Gasteiger partial charge in [-0.1, -0.05) is 18.2 Å². The second kappa shape index (κ2) is 5.91. The molecular weight excluding hydrogens is 274 g/mol. The van der Waals surface area contributed by atoms with Gasteiger partial charge in [0.05, 0.1) is 13.2 Å². The van der Waals surface area contributed by atoms with E-state index in [0.717, 1.165) is 54.9 Å². The molecule has 2 aromatic rings.